The van der Waals surface area contributed by atoms with Crippen molar-refractivity contribution in [2.24, 2.45) is 0 Å². The number of carbonyl (C=O) groups is 1. The SMILES string of the molecule is CS(=O)(=O)N1CCCN(C(=O)CCc2ccccc2Br)CC1. The first-order valence-electron chi connectivity index (χ1n) is 7.34. The summed E-state index contributed by atoms with van der Waals surface area (Å²) in [4.78, 5) is 14.1. The number of hydrogen-bond donors (Lipinski definition) is 0. The molecule has 1 saturated heterocycles. The molecule has 0 unspecified atom stereocenters. The van der Waals surface area contributed by atoms with Crippen LogP contribution >= 0.6 is 15.9 Å². The Kier molecular flexibility index (Phi) is 6.00. The van der Waals surface area contributed by atoms with Gasteiger partial charge < -0.3 is 4.90 Å². The van der Waals surface area contributed by atoms with E-state index in [0.717, 1.165) is 10.0 Å². The van der Waals surface area contributed by atoms with Crippen molar-refractivity contribution in [2.75, 3.05) is 32.4 Å². The summed E-state index contributed by atoms with van der Waals surface area (Å²) in [5.74, 6) is 0.0890. The Bertz CT molecular complexity index is 633. The Morgan fingerprint density at radius 3 is 2.59 bits per heavy atom. The van der Waals surface area contributed by atoms with Gasteiger partial charge in [0.15, 0.2) is 0 Å². The molecule has 1 aromatic carbocycles. The lowest BCUT2D eigenvalue weighted by atomic mass is 10.1. The second-order valence-electron chi connectivity index (χ2n) is 5.49. The smallest absolute Gasteiger partial charge is 0.222 e. The summed E-state index contributed by atoms with van der Waals surface area (Å²) < 4.78 is 25.6. The molecule has 1 amide bonds. The van der Waals surface area contributed by atoms with E-state index in [9.17, 15) is 13.2 Å². The molecule has 1 fully saturated rings. The summed E-state index contributed by atoms with van der Waals surface area (Å²) in [6.07, 6.45) is 3.04. The Morgan fingerprint density at radius 2 is 1.91 bits per heavy atom. The number of rotatable bonds is 4. The standard InChI is InChI=1S/C15H21BrN2O3S/c1-22(20,21)18-10-4-9-17(11-12-18)15(19)8-7-13-5-2-3-6-14(13)16/h2-3,5-6H,4,7-12H2,1H3. The van der Waals surface area contributed by atoms with E-state index in [1.807, 2.05) is 24.3 Å². The van der Waals surface area contributed by atoms with Crippen LogP contribution in [0.4, 0.5) is 0 Å². The predicted molar refractivity (Wildman–Crippen MR) is 90.1 cm³/mol. The first-order valence-corrected chi connectivity index (χ1v) is 9.98. The van der Waals surface area contributed by atoms with Crippen LogP contribution in [0.1, 0.15) is 18.4 Å². The van der Waals surface area contributed by atoms with Gasteiger partial charge >= 0.3 is 0 Å². The van der Waals surface area contributed by atoms with Gasteiger partial charge in [-0.25, -0.2) is 12.7 Å². The Hall–Kier alpha value is -0.920. The zero-order valence-corrected chi connectivity index (χ0v) is 15.1. The summed E-state index contributed by atoms with van der Waals surface area (Å²) in [5.41, 5.74) is 1.11. The van der Waals surface area contributed by atoms with E-state index in [-0.39, 0.29) is 5.91 Å². The minimum absolute atomic E-state index is 0.0890. The molecular formula is C15H21BrN2O3S. The summed E-state index contributed by atoms with van der Waals surface area (Å²) >= 11 is 3.49. The van der Waals surface area contributed by atoms with Crippen molar-refractivity contribution in [1.29, 1.82) is 0 Å². The van der Waals surface area contributed by atoms with Crippen molar-refractivity contribution in [1.82, 2.24) is 9.21 Å². The normalized spacial score (nSPS) is 17.3. The van der Waals surface area contributed by atoms with Crippen LogP contribution in [0.3, 0.4) is 0 Å². The summed E-state index contributed by atoms with van der Waals surface area (Å²) in [5, 5.41) is 0. The maximum Gasteiger partial charge on any atom is 0.222 e. The third-order valence-corrected chi connectivity index (χ3v) is 5.92. The zero-order chi connectivity index (χ0) is 16.2. The van der Waals surface area contributed by atoms with Crippen LogP contribution in [0.25, 0.3) is 0 Å². The molecule has 5 nitrogen and oxygen atoms in total. The highest BCUT2D eigenvalue weighted by atomic mass is 79.9. The van der Waals surface area contributed by atoms with Gasteiger partial charge in [0.05, 0.1) is 6.26 Å². The van der Waals surface area contributed by atoms with Crippen LogP contribution in [0.15, 0.2) is 28.7 Å². The van der Waals surface area contributed by atoms with Crippen molar-refractivity contribution >= 4 is 31.9 Å². The molecule has 0 saturated carbocycles. The third kappa shape index (κ3) is 4.79. The van der Waals surface area contributed by atoms with Crippen LogP contribution in [0, 0.1) is 0 Å². The molecule has 0 N–H and O–H groups in total. The lowest BCUT2D eigenvalue weighted by molar-refractivity contribution is -0.131. The minimum atomic E-state index is -3.17. The van der Waals surface area contributed by atoms with Crippen LogP contribution in [0.2, 0.25) is 0 Å². The molecule has 22 heavy (non-hydrogen) atoms. The van der Waals surface area contributed by atoms with E-state index in [4.69, 9.17) is 0 Å². The number of aryl methyl sites for hydroxylation is 1. The largest absolute Gasteiger partial charge is 0.341 e. The third-order valence-electron chi connectivity index (χ3n) is 3.84. The van der Waals surface area contributed by atoms with E-state index in [0.29, 0.717) is 45.4 Å². The molecule has 0 radical (unpaired) electrons. The summed E-state index contributed by atoms with van der Waals surface area (Å²) in [6, 6.07) is 7.88. The number of amides is 1. The highest BCUT2D eigenvalue weighted by molar-refractivity contribution is 9.10. The molecule has 0 spiro atoms. The zero-order valence-electron chi connectivity index (χ0n) is 12.7. The number of carbonyl (C=O) groups excluding carboxylic acids is 1. The maximum atomic E-state index is 12.3. The van der Waals surface area contributed by atoms with Crippen LogP contribution in [-0.2, 0) is 21.2 Å². The van der Waals surface area contributed by atoms with Crippen LogP contribution in [0.5, 0.6) is 0 Å². The first-order chi connectivity index (χ1) is 10.4. The first kappa shape index (κ1) is 17.4. The van der Waals surface area contributed by atoms with E-state index in [1.165, 1.54) is 10.6 Å². The van der Waals surface area contributed by atoms with Crippen LogP contribution < -0.4 is 0 Å². The fraction of sp³-hybridized carbons (Fsp3) is 0.533. The van der Waals surface area contributed by atoms with E-state index in [2.05, 4.69) is 15.9 Å². The Morgan fingerprint density at radius 1 is 1.18 bits per heavy atom. The van der Waals surface area contributed by atoms with E-state index in [1.54, 1.807) is 4.90 Å². The number of nitrogens with zero attached hydrogens (tertiary/aromatic N) is 2. The number of sulfonamides is 1. The topological polar surface area (TPSA) is 57.7 Å². The van der Waals surface area contributed by atoms with Crippen molar-refractivity contribution in [3.8, 4) is 0 Å². The van der Waals surface area contributed by atoms with Gasteiger partial charge in [0, 0.05) is 37.1 Å². The lowest BCUT2D eigenvalue weighted by Gasteiger charge is -2.21. The number of halogens is 1. The number of benzene rings is 1. The molecule has 0 aliphatic carbocycles. The molecule has 7 heteroatoms. The van der Waals surface area contributed by atoms with Crippen molar-refractivity contribution in [3.05, 3.63) is 34.3 Å². The molecule has 0 bridgehead atoms. The maximum absolute atomic E-state index is 12.3. The van der Waals surface area contributed by atoms with Gasteiger partial charge in [-0.15, -0.1) is 0 Å². The van der Waals surface area contributed by atoms with Crippen molar-refractivity contribution < 1.29 is 13.2 Å². The molecule has 122 valence electrons. The predicted octanol–water partition coefficient (Wildman–Crippen LogP) is 1.88. The monoisotopic (exact) mass is 388 g/mol. The molecule has 2 rings (SSSR count). The van der Waals surface area contributed by atoms with Gasteiger partial charge in [-0.3, -0.25) is 4.79 Å². The quantitative estimate of drug-likeness (QED) is 0.790. The van der Waals surface area contributed by atoms with Gasteiger partial charge in [0.2, 0.25) is 15.9 Å². The molecule has 0 atom stereocenters. The van der Waals surface area contributed by atoms with E-state index < -0.39 is 10.0 Å². The van der Waals surface area contributed by atoms with Gasteiger partial charge in [-0.1, -0.05) is 34.1 Å². The molecule has 1 heterocycles. The molecule has 0 aromatic heterocycles. The highest BCUT2D eigenvalue weighted by Gasteiger charge is 2.23. The van der Waals surface area contributed by atoms with Crippen LogP contribution in [-0.4, -0.2) is 56.0 Å². The fourth-order valence-electron chi connectivity index (χ4n) is 2.58. The van der Waals surface area contributed by atoms with Gasteiger partial charge in [0.1, 0.15) is 0 Å². The van der Waals surface area contributed by atoms with Gasteiger partial charge in [-0.05, 0) is 24.5 Å². The summed E-state index contributed by atoms with van der Waals surface area (Å²) in [6.45, 7) is 1.98. The lowest BCUT2D eigenvalue weighted by Crippen LogP contribution is -2.37. The van der Waals surface area contributed by atoms with E-state index >= 15 is 0 Å². The average Bonchev–Trinajstić information content (AvgIpc) is 2.71. The van der Waals surface area contributed by atoms with Crippen molar-refractivity contribution in [2.45, 2.75) is 19.3 Å². The molecular weight excluding hydrogens is 368 g/mol. The Labute approximate surface area is 140 Å². The minimum Gasteiger partial charge on any atom is -0.341 e. The average molecular weight is 389 g/mol. The highest BCUT2D eigenvalue weighted by Crippen LogP contribution is 2.18. The number of hydrogen-bond acceptors (Lipinski definition) is 3. The second kappa shape index (κ2) is 7.57. The van der Waals surface area contributed by atoms with Crippen molar-refractivity contribution in [3.63, 3.8) is 0 Å². The fourth-order valence-corrected chi connectivity index (χ4v) is 3.93. The van der Waals surface area contributed by atoms with Gasteiger partial charge in [-0.2, -0.15) is 0 Å². The second-order valence-corrected chi connectivity index (χ2v) is 8.32. The van der Waals surface area contributed by atoms with Gasteiger partial charge in [0.25, 0.3) is 0 Å². The molecule has 1 aromatic rings. The Balaban J connectivity index is 1.89. The molecule has 1 aliphatic rings. The summed E-state index contributed by atoms with van der Waals surface area (Å²) in [7, 11) is -3.17. The molecule has 1 aliphatic heterocycles.